The predicted molar refractivity (Wildman–Crippen MR) is 99.3 cm³/mol. The lowest BCUT2D eigenvalue weighted by atomic mass is 10.2. The minimum absolute atomic E-state index is 0.236. The Balaban J connectivity index is 1.88. The van der Waals surface area contributed by atoms with Gasteiger partial charge in [-0.25, -0.2) is 13.9 Å². The molecular weight excluding hydrogens is 351 g/mol. The number of nitrogens with zero attached hydrogens (tertiary/aromatic N) is 3. The Morgan fingerprint density at radius 2 is 1.89 bits per heavy atom. The summed E-state index contributed by atoms with van der Waals surface area (Å²) >= 11 is 0. The van der Waals surface area contributed by atoms with Gasteiger partial charge in [-0.3, -0.25) is 4.79 Å². The topological polar surface area (TPSA) is 76.5 Å². The molecule has 0 unspecified atom stereocenters. The zero-order valence-corrected chi connectivity index (χ0v) is 16.0. The van der Waals surface area contributed by atoms with Crippen molar-refractivity contribution >= 4 is 12.0 Å². The molecule has 0 aliphatic carbocycles. The molecule has 1 N–H and O–H groups in total. The number of carbonyl (C=O) groups excluding carboxylic acids is 2. The van der Waals surface area contributed by atoms with Gasteiger partial charge < -0.3 is 15.0 Å². The Kier molecular flexibility index (Phi) is 6.55. The van der Waals surface area contributed by atoms with Gasteiger partial charge in [0.25, 0.3) is 5.91 Å². The van der Waals surface area contributed by atoms with Crippen LogP contribution in [-0.4, -0.2) is 51.9 Å². The number of rotatable bonds is 6. The number of nitrogens with one attached hydrogen (secondary N) is 1. The van der Waals surface area contributed by atoms with Crippen LogP contribution in [-0.2, 0) is 4.74 Å². The minimum Gasteiger partial charge on any atom is -0.444 e. The molecule has 1 heterocycles. The summed E-state index contributed by atoms with van der Waals surface area (Å²) in [5.41, 5.74) is 0.318. The van der Waals surface area contributed by atoms with Gasteiger partial charge in [0.05, 0.1) is 5.69 Å². The van der Waals surface area contributed by atoms with Crippen molar-refractivity contribution in [2.24, 2.45) is 0 Å². The van der Waals surface area contributed by atoms with Crippen molar-refractivity contribution in [3.05, 3.63) is 48.0 Å². The summed E-state index contributed by atoms with van der Waals surface area (Å²) in [6.07, 6.45) is 1.21. The molecule has 0 radical (unpaired) electrons. The van der Waals surface area contributed by atoms with Gasteiger partial charge in [-0.15, -0.1) is 0 Å². The molecule has 2 aromatic rings. The molecule has 0 aliphatic heterocycles. The lowest BCUT2D eigenvalue weighted by Gasteiger charge is -2.26. The second-order valence-electron chi connectivity index (χ2n) is 6.94. The summed E-state index contributed by atoms with van der Waals surface area (Å²) in [5, 5.41) is 6.92. The number of hydrogen-bond acceptors (Lipinski definition) is 4. The van der Waals surface area contributed by atoms with Crippen LogP contribution in [0.1, 0.15) is 38.2 Å². The van der Waals surface area contributed by atoms with E-state index in [1.807, 2.05) is 6.92 Å². The zero-order chi connectivity index (χ0) is 20.0. The van der Waals surface area contributed by atoms with E-state index in [0.717, 1.165) is 0 Å². The number of aromatic nitrogens is 2. The molecule has 0 saturated heterocycles. The van der Waals surface area contributed by atoms with E-state index in [0.29, 0.717) is 18.8 Å². The average molecular weight is 376 g/mol. The van der Waals surface area contributed by atoms with Gasteiger partial charge in [0.1, 0.15) is 11.4 Å². The maximum Gasteiger partial charge on any atom is 0.410 e. The maximum atomic E-state index is 13.0. The summed E-state index contributed by atoms with van der Waals surface area (Å²) in [7, 11) is 0. The monoisotopic (exact) mass is 376 g/mol. The first-order valence-corrected chi connectivity index (χ1v) is 8.77. The van der Waals surface area contributed by atoms with E-state index >= 15 is 0 Å². The Hall–Kier alpha value is -2.90. The summed E-state index contributed by atoms with van der Waals surface area (Å²) < 4.78 is 19.8. The molecule has 146 valence electrons. The third-order valence-electron chi connectivity index (χ3n) is 3.61. The Bertz CT molecular complexity index is 781. The van der Waals surface area contributed by atoms with Crippen molar-refractivity contribution in [2.75, 3.05) is 19.6 Å². The first-order valence-electron chi connectivity index (χ1n) is 8.77. The lowest BCUT2D eigenvalue weighted by molar-refractivity contribution is 0.0260. The largest absolute Gasteiger partial charge is 0.444 e. The first kappa shape index (κ1) is 20.4. The van der Waals surface area contributed by atoms with Crippen LogP contribution in [0.25, 0.3) is 5.69 Å². The Morgan fingerprint density at radius 1 is 1.22 bits per heavy atom. The smallest absolute Gasteiger partial charge is 0.410 e. The van der Waals surface area contributed by atoms with Gasteiger partial charge in [-0.2, -0.15) is 5.10 Å². The van der Waals surface area contributed by atoms with Crippen molar-refractivity contribution in [1.82, 2.24) is 20.0 Å². The highest BCUT2D eigenvalue weighted by atomic mass is 19.1. The highest BCUT2D eigenvalue weighted by molar-refractivity contribution is 5.92. The Labute approximate surface area is 158 Å². The zero-order valence-electron chi connectivity index (χ0n) is 16.0. The fourth-order valence-electron chi connectivity index (χ4n) is 2.28. The van der Waals surface area contributed by atoms with Crippen LogP contribution in [0.4, 0.5) is 9.18 Å². The average Bonchev–Trinajstić information content (AvgIpc) is 3.07. The molecule has 0 aliphatic rings. The molecule has 27 heavy (non-hydrogen) atoms. The molecule has 0 atom stereocenters. The fourth-order valence-corrected chi connectivity index (χ4v) is 2.28. The van der Waals surface area contributed by atoms with E-state index < -0.39 is 11.7 Å². The third-order valence-corrected chi connectivity index (χ3v) is 3.61. The van der Waals surface area contributed by atoms with E-state index in [2.05, 4.69) is 10.4 Å². The molecular formula is C19H25FN4O3. The number of halogens is 1. The van der Waals surface area contributed by atoms with Crippen LogP contribution in [0.3, 0.4) is 0 Å². The van der Waals surface area contributed by atoms with Gasteiger partial charge >= 0.3 is 6.09 Å². The van der Waals surface area contributed by atoms with Crippen LogP contribution in [0.15, 0.2) is 36.5 Å². The molecule has 2 rings (SSSR count). The van der Waals surface area contributed by atoms with Gasteiger partial charge in [0.2, 0.25) is 0 Å². The van der Waals surface area contributed by atoms with E-state index in [1.165, 1.54) is 21.7 Å². The summed E-state index contributed by atoms with van der Waals surface area (Å²) in [4.78, 5) is 25.8. The van der Waals surface area contributed by atoms with Crippen molar-refractivity contribution in [1.29, 1.82) is 0 Å². The molecule has 8 heteroatoms. The predicted octanol–water partition coefficient (Wildman–Crippen LogP) is 3.00. The highest BCUT2D eigenvalue weighted by Gasteiger charge is 2.21. The molecule has 0 spiro atoms. The van der Waals surface area contributed by atoms with Gasteiger partial charge in [-0.05, 0) is 58.0 Å². The van der Waals surface area contributed by atoms with Crippen LogP contribution >= 0.6 is 0 Å². The summed E-state index contributed by atoms with van der Waals surface area (Å²) in [6, 6.07) is 7.37. The molecule has 0 saturated carbocycles. The molecule has 7 nitrogen and oxygen atoms in total. The summed E-state index contributed by atoms with van der Waals surface area (Å²) in [5.74, 6) is -0.689. The van der Waals surface area contributed by atoms with E-state index in [1.54, 1.807) is 45.2 Å². The van der Waals surface area contributed by atoms with Crippen molar-refractivity contribution < 1.29 is 18.7 Å². The van der Waals surface area contributed by atoms with E-state index in [4.69, 9.17) is 4.74 Å². The standard InChI is InChI=1S/C19H25FN4O3/c1-5-23(18(26)27-19(2,3)4)13-11-21-17(25)16-10-12-24(22-16)15-8-6-14(20)7-9-15/h6-10,12H,5,11,13H2,1-4H3,(H,21,25). The highest BCUT2D eigenvalue weighted by Crippen LogP contribution is 2.10. The fraction of sp³-hybridized carbons (Fsp3) is 0.421. The van der Waals surface area contributed by atoms with Crippen molar-refractivity contribution in [3.63, 3.8) is 0 Å². The Morgan fingerprint density at radius 3 is 2.48 bits per heavy atom. The molecule has 0 bridgehead atoms. The van der Waals surface area contributed by atoms with Crippen molar-refractivity contribution in [3.8, 4) is 5.69 Å². The van der Waals surface area contributed by atoms with Gasteiger partial charge in [-0.1, -0.05) is 0 Å². The lowest BCUT2D eigenvalue weighted by Crippen LogP contribution is -2.41. The first-order chi connectivity index (χ1) is 12.7. The van der Waals surface area contributed by atoms with Crippen LogP contribution in [0.2, 0.25) is 0 Å². The number of hydrogen-bond donors (Lipinski definition) is 1. The molecule has 1 aromatic carbocycles. The van der Waals surface area contributed by atoms with Gasteiger partial charge in [0.15, 0.2) is 5.69 Å². The molecule has 1 aromatic heterocycles. The van der Waals surface area contributed by atoms with Crippen molar-refractivity contribution in [2.45, 2.75) is 33.3 Å². The number of amides is 2. The quantitative estimate of drug-likeness (QED) is 0.841. The van der Waals surface area contributed by atoms with Crippen LogP contribution in [0.5, 0.6) is 0 Å². The minimum atomic E-state index is -0.569. The number of likely N-dealkylation sites (N-methyl/N-ethyl adjacent to an activating group) is 1. The normalized spacial score (nSPS) is 11.1. The number of carbonyl (C=O) groups is 2. The second kappa shape index (κ2) is 8.66. The third kappa shape index (κ3) is 6.09. The van der Waals surface area contributed by atoms with Gasteiger partial charge in [0, 0.05) is 25.8 Å². The maximum absolute atomic E-state index is 13.0. The number of benzene rings is 1. The SMILES string of the molecule is CCN(CCNC(=O)c1ccn(-c2ccc(F)cc2)n1)C(=O)OC(C)(C)C. The van der Waals surface area contributed by atoms with E-state index in [-0.39, 0.29) is 24.0 Å². The summed E-state index contributed by atoms with van der Waals surface area (Å²) in [6.45, 7) is 8.33. The van der Waals surface area contributed by atoms with Crippen LogP contribution < -0.4 is 5.32 Å². The van der Waals surface area contributed by atoms with E-state index in [9.17, 15) is 14.0 Å². The second-order valence-corrected chi connectivity index (χ2v) is 6.94. The van der Waals surface area contributed by atoms with Crippen LogP contribution in [0, 0.1) is 5.82 Å². The number of ether oxygens (including phenoxy) is 1. The molecule has 2 amide bonds. The molecule has 0 fully saturated rings.